The first kappa shape index (κ1) is 15.9. The maximum atomic E-state index is 13.4. The molecule has 2 aliphatic rings. The van der Waals surface area contributed by atoms with Crippen LogP contribution in [0.3, 0.4) is 0 Å². The standard InChI is InChI=1S/C22H17NO4/c24-16-6-2-14(3-7-16)22(15-4-8-17(25)9-5-15)19-10-1-13-11-27-12-18(13)20(19)23-21(22)26/h1-10,24-25H,11-12H2,(H,23,26). The molecule has 0 saturated carbocycles. The minimum atomic E-state index is -1.06. The lowest BCUT2D eigenvalue weighted by Crippen LogP contribution is -2.36. The highest BCUT2D eigenvalue weighted by atomic mass is 16.5. The van der Waals surface area contributed by atoms with Crippen molar-refractivity contribution < 1.29 is 19.7 Å². The lowest BCUT2D eigenvalue weighted by atomic mass is 9.70. The Hall–Kier alpha value is -3.31. The number of phenolic OH excluding ortho intramolecular Hbond substituents is 2. The summed E-state index contributed by atoms with van der Waals surface area (Å²) in [5.41, 5.74) is 4.20. The van der Waals surface area contributed by atoms with Gasteiger partial charge in [-0.15, -0.1) is 0 Å². The number of anilines is 1. The van der Waals surface area contributed by atoms with Gasteiger partial charge in [-0.25, -0.2) is 0 Å². The highest BCUT2D eigenvalue weighted by molar-refractivity contribution is 6.12. The van der Waals surface area contributed by atoms with Gasteiger partial charge in [0.1, 0.15) is 16.9 Å². The van der Waals surface area contributed by atoms with Crippen molar-refractivity contribution in [1.29, 1.82) is 0 Å². The molecule has 0 spiro atoms. The van der Waals surface area contributed by atoms with Gasteiger partial charge in [-0.05, 0) is 41.0 Å². The van der Waals surface area contributed by atoms with Crippen LogP contribution in [0.5, 0.6) is 11.5 Å². The van der Waals surface area contributed by atoms with Crippen LogP contribution >= 0.6 is 0 Å². The monoisotopic (exact) mass is 359 g/mol. The summed E-state index contributed by atoms with van der Waals surface area (Å²) in [5.74, 6) is 0.121. The summed E-state index contributed by atoms with van der Waals surface area (Å²) in [7, 11) is 0. The number of hydrogen-bond acceptors (Lipinski definition) is 4. The van der Waals surface area contributed by atoms with E-state index >= 15 is 0 Å². The maximum Gasteiger partial charge on any atom is 0.244 e. The average Bonchev–Trinajstić information content (AvgIpc) is 3.25. The fraction of sp³-hybridized carbons (Fsp3) is 0.136. The van der Waals surface area contributed by atoms with E-state index in [0.29, 0.717) is 13.2 Å². The van der Waals surface area contributed by atoms with E-state index in [1.165, 1.54) is 0 Å². The third-order valence-corrected chi connectivity index (χ3v) is 5.50. The van der Waals surface area contributed by atoms with E-state index in [1.807, 2.05) is 12.1 Å². The first-order valence-corrected chi connectivity index (χ1v) is 8.74. The molecule has 0 unspecified atom stereocenters. The predicted octanol–water partition coefficient (Wildman–Crippen LogP) is 3.41. The number of phenols is 2. The Morgan fingerprint density at radius 1 is 0.815 bits per heavy atom. The van der Waals surface area contributed by atoms with Crippen LogP contribution in [0.25, 0.3) is 0 Å². The van der Waals surface area contributed by atoms with E-state index in [1.54, 1.807) is 48.5 Å². The zero-order valence-corrected chi connectivity index (χ0v) is 14.4. The molecule has 3 aromatic carbocycles. The Morgan fingerprint density at radius 2 is 1.41 bits per heavy atom. The largest absolute Gasteiger partial charge is 0.508 e. The predicted molar refractivity (Wildman–Crippen MR) is 99.7 cm³/mol. The van der Waals surface area contributed by atoms with E-state index in [9.17, 15) is 15.0 Å². The first-order chi connectivity index (χ1) is 13.1. The van der Waals surface area contributed by atoms with Gasteiger partial charge in [-0.2, -0.15) is 0 Å². The van der Waals surface area contributed by atoms with Crippen LogP contribution in [0.1, 0.15) is 27.8 Å². The third-order valence-electron chi connectivity index (χ3n) is 5.50. The number of fused-ring (bicyclic) bond motifs is 3. The number of carbonyl (C=O) groups excluding carboxylic acids is 1. The minimum Gasteiger partial charge on any atom is -0.508 e. The summed E-state index contributed by atoms with van der Waals surface area (Å²) in [6, 6.07) is 17.4. The molecule has 0 aromatic heterocycles. The number of aromatic hydroxyl groups is 2. The summed E-state index contributed by atoms with van der Waals surface area (Å²) in [6.45, 7) is 1.02. The summed E-state index contributed by atoms with van der Waals surface area (Å²) >= 11 is 0. The molecule has 0 saturated heterocycles. The summed E-state index contributed by atoms with van der Waals surface area (Å²) in [6.07, 6.45) is 0. The zero-order valence-electron chi connectivity index (χ0n) is 14.4. The zero-order chi connectivity index (χ0) is 18.6. The number of ether oxygens (including phenoxy) is 1. The van der Waals surface area contributed by atoms with Gasteiger partial charge >= 0.3 is 0 Å². The first-order valence-electron chi connectivity index (χ1n) is 8.74. The number of benzene rings is 3. The van der Waals surface area contributed by atoms with E-state index in [4.69, 9.17) is 4.74 Å². The Morgan fingerprint density at radius 3 is 2.00 bits per heavy atom. The van der Waals surface area contributed by atoms with Gasteiger partial charge in [-0.3, -0.25) is 4.79 Å². The second-order valence-electron chi connectivity index (χ2n) is 6.92. The second-order valence-corrected chi connectivity index (χ2v) is 6.92. The SMILES string of the molecule is O=C1Nc2c(ccc3c2COC3)C1(c1ccc(O)cc1)c1ccc(O)cc1. The minimum absolute atomic E-state index is 0.139. The van der Waals surface area contributed by atoms with Crippen LogP contribution in [-0.2, 0) is 28.2 Å². The normalized spacial score (nSPS) is 16.7. The highest BCUT2D eigenvalue weighted by Gasteiger charge is 2.50. The van der Waals surface area contributed by atoms with Gasteiger partial charge in [0.2, 0.25) is 5.91 Å². The van der Waals surface area contributed by atoms with E-state index in [0.717, 1.165) is 33.5 Å². The molecule has 3 N–H and O–H groups in total. The molecule has 134 valence electrons. The molecule has 0 fully saturated rings. The number of hydrogen-bond donors (Lipinski definition) is 3. The van der Waals surface area contributed by atoms with Crippen molar-refractivity contribution in [2.45, 2.75) is 18.6 Å². The molecular weight excluding hydrogens is 342 g/mol. The molecule has 0 aliphatic carbocycles. The molecule has 27 heavy (non-hydrogen) atoms. The molecular formula is C22H17NO4. The number of rotatable bonds is 2. The molecule has 0 radical (unpaired) electrons. The van der Waals surface area contributed by atoms with Crippen LogP contribution in [0.2, 0.25) is 0 Å². The van der Waals surface area contributed by atoms with E-state index in [-0.39, 0.29) is 17.4 Å². The van der Waals surface area contributed by atoms with Gasteiger partial charge in [0.15, 0.2) is 0 Å². The summed E-state index contributed by atoms with van der Waals surface area (Å²) in [5, 5.41) is 22.5. The Balaban J connectivity index is 1.84. The van der Waals surface area contributed by atoms with Gasteiger partial charge in [0.25, 0.3) is 0 Å². The fourth-order valence-electron chi connectivity index (χ4n) is 4.20. The van der Waals surface area contributed by atoms with Gasteiger partial charge in [0, 0.05) is 11.1 Å². The Kier molecular flexibility index (Phi) is 3.29. The van der Waals surface area contributed by atoms with Gasteiger partial charge in [-0.1, -0.05) is 36.4 Å². The molecule has 5 heteroatoms. The Bertz CT molecular complexity index is 1010. The van der Waals surface area contributed by atoms with E-state index in [2.05, 4.69) is 5.32 Å². The number of amides is 1. The summed E-state index contributed by atoms with van der Waals surface area (Å²) in [4.78, 5) is 13.4. The van der Waals surface area contributed by atoms with Crippen LogP contribution in [0, 0.1) is 0 Å². The topological polar surface area (TPSA) is 78.8 Å². The van der Waals surface area contributed by atoms with Crippen molar-refractivity contribution in [2.24, 2.45) is 0 Å². The van der Waals surface area contributed by atoms with Crippen LogP contribution in [-0.4, -0.2) is 16.1 Å². The van der Waals surface area contributed by atoms with Crippen LogP contribution < -0.4 is 5.32 Å². The second kappa shape index (κ2) is 5.59. The fourth-order valence-corrected chi connectivity index (χ4v) is 4.20. The Labute approximate surface area is 155 Å². The molecule has 5 rings (SSSR count). The van der Waals surface area contributed by atoms with Gasteiger partial charge < -0.3 is 20.3 Å². The van der Waals surface area contributed by atoms with E-state index < -0.39 is 5.41 Å². The van der Waals surface area contributed by atoms with Crippen molar-refractivity contribution in [3.8, 4) is 11.5 Å². The quantitative estimate of drug-likeness (QED) is 0.655. The smallest absolute Gasteiger partial charge is 0.244 e. The van der Waals surface area contributed by atoms with Gasteiger partial charge in [0.05, 0.1) is 18.9 Å². The molecule has 0 atom stereocenters. The van der Waals surface area contributed by atoms with Crippen LogP contribution in [0.15, 0.2) is 60.7 Å². The lowest BCUT2D eigenvalue weighted by Gasteiger charge is -2.29. The molecule has 3 aromatic rings. The summed E-state index contributed by atoms with van der Waals surface area (Å²) < 4.78 is 5.57. The number of carbonyl (C=O) groups is 1. The lowest BCUT2D eigenvalue weighted by molar-refractivity contribution is -0.118. The van der Waals surface area contributed by atoms with Crippen molar-refractivity contribution in [1.82, 2.24) is 0 Å². The van der Waals surface area contributed by atoms with Crippen molar-refractivity contribution >= 4 is 11.6 Å². The molecule has 0 bridgehead atoms. The highest BCUT2D eigenvalue weighted by Crippen LogP contribution is 2.50. The third kappa shape index (κ3) is 2.12. The molecule has 2 heterocycles. The molecule has 2 aliphatic heterocycles. The van der Waals surface area contributed by atoms with Crippen molar-refractivity contribution in [3.63, 3.8) is 0 Å². The van der Waals surface area contributed by atoms with Crippen molar-refractivity contribution in [3.05, 3.63) is 88.5 Å². The van der Waals surface area contributed by atoms with Crippen molar-refractivity contribution in [2.75, 3.05) is 5.32 Å². The number of nitrogens with one attached hydrogen (secondary N) is 1. The molecule has 1 amide bonds. The molecule has 5 nitrogen and oxygen atoms in total. The maximum absolute atomic E-state index is 13.4. The average molecular weight is 359 g/mol. The van der Waals surface area contributed by atoms with Crippen LogP contribution in [0.4, 0.5) is 5.69 Å².